The molecule has 1 rings (SSSR count). The maximum absolute atomic E-state index is 10.4. The first-order chi connectivity index (χ1) is 6.11. The van der Waals surface area contributed by atoms with Gasteiger partial charge in [0.15, 0.2) is 0 Å². The molecule has 0 saturated carbocycles. The summed E-state index contributed by atoms with van der Waals surface area (Å²) < 4.78 is 4.83. The molecule has 1 heterocycles. The minimum atomic E-state index is -0.947. The number of rotatable bonds is 3. The number of hydrogen-bond donors (Lipinski definition) is 1. The Balaban J connectivity index is 2.94. The predicted octanol–water partition coefficient (Wildman–Crippen LogP) is 1.37. The smallest absolute Gasteiger partial charge is 0.309 e. The van der Waals surface area contributed by atoms with Gasteiger partial charge in [-0.3, -0.25) is 4.79 Å². The van der Waals surface area contributed by atoms with Crippen molar-refractivity contribution in [2.45, 2.75) is 6.42 Å². The van der Waals surface area contributed by atoms with Gasteiger partial charge in [-0.2, -0.15) is 0 Å². The molecule has 0 amide bonds. The normalized spacial score (nSPS) is 9.69. The highest BCUT2D eigenvalue weighted by Crippen LogP contribution is 2.16. The van der Waals surface area contributed by atoms with Crippen LogP contribution in [-0.2, 0) is 11.2 Å². The first-order valence-electron chi connectivity index (χ1n) is 3.54. The molecule has 5 heteroatoms. The molecule has 0 spiro atoms. The number of nitrogens with zero attached hydrogens (tertiary/aromatic N) is 1. The van der Waals surface area contributed by atoms with Gasteiger partial charge in [0.2, 0.25) is 5.88 Å². The third-order valence-corrected chi connectivity index (χ3v) is 1.58. The van der Waals surface area contributed by atoms with Crippen molar-refractivity contribution in [3.05, 3.63) is 22.8 Å². The van der Waals surface area contributed by atoms with Crippen LogP contribution in [0.2, 0.25) is 5.02 Å². The Labute approximate surface area is 80.1 Å². The van der Waals surface area contributed by atoms with E-state index >= 15 is 0 Å². The lowest BCUT2D eigenvalue weighted by molar-refractivity contribution is -0.136. The average Bonchev–Trinajstić information content (AvgIpc) is 2.01. The monoisotopic (exact) mass is 201 g/mol. The molecule has 0 aliphatic rings. The number of pyridine rings is 1. The van der Waals surface area contributed by atoms with E-state index in [1.807, 2.05) is 0 Å². The summed E-state index contributed by atoms with van der Waals surface area (Å²) in [6.45, 7) is 0. The molecule has 0 aromatic carbocycles. The van der Waals surface area contributed by atoms with Gasteiger partial charge in [0.25, 0.3) is 0 Å². The summed E-state index contributed by atoms with van der Waals surface area (Å²) in [5.74, 6) is -0.624. The van der Waals surface area contributed by atoms with E-state index in [4.69, 9.17) is 21.4 Å². The lowest BCUT2D eigenvalue weighted by Crippen LogP contribution is -2.03. The molecular formula is C8H8ClNO3. The van der Waals surface area contributed by atoms with Crippen LogP contribution >= 0.6 is 11.6 Å². The molecule has 0 unspecified atom stereocenters. The van der Waals surface area contributed by atoms with E-state index in [0.717, 1.165) is 0 Å². The zero-order valence-corrected chi connectivity index (χ0v) is 7.71. The summed E-state index contributed by atoms with van der Waals surface area (Å²) in [6, 6.07) is 3.02. The zero-order valence-electron chi connectivity index (χ0n) is 6.95. The van der Waals surface area contributed by atoms with Crippen LogP contribution in [0.1, 0.15) is 5.69 Å². The Morgan fingerprint density at radius 3 is 2.92 bits per heavy atom. The summed E-state index contributed by atoms with van der Waals surface area (Å²) in [5, 5.41) is 8.92. The maximum atomic E-state index is 10.4. The molecule has 1 aromatic rings. The first kappa shape index (κ1) is 9.80. The fourth-order valence-corrected chi connectivity index (χ4v) is 1.09. The van der Waals surface area contributed by atoms with Gasteiger partial charge in [-0.1, -0.05) is 11.6 Å². The van der Waals surface area contributed by atoms with E-state index in [2.05, 4.69) is 4.98 Å². The Hall–Kier alpha value is -1.29. The van der Waals surface area contributed by atoms with Crippen LogP contribution in [0.5, 0.6) is 5.88 Å². The molecule has 1 aromatic heterocycles. The van der Waals surface area contributed by atoms with E-state index in [-0.39, 0.29) is 6.42 Å². The molecule has 70 valence electrons. The molecule has 13 heavy (non-hydrogen) atoms. The van der Waals surface area contributed by atoms with Crippen molar-refractivity contribution in [3.8, 4) is 5.88 Å². The molecule has 0 aliphatic carbocycles. The van der Waals surface area contributed by atoms with Crippen LogP contribution < -0.4 is 4.74 Å². The van der Waals surface area contributed by atoms with Gasteiger partial charge < -0.3 is 9.84 Å². The van der Waals surface area contributed by atoms with Gasteiger partial charge in [-0.25, -0.2) is 4.98 Å². The summed E-state index contributed by atoms with van der Waals surface area (Å²) >= 11 is 5.70. The Kier molecular flexibility index (Phi) is 3.08. The summed E-state index contributed by atoms with van der Waals surface area (Å²) in [7, 11) is 1.45. The molecule has 0 radical (unpaired) electrons. The highest BCUT2D eigenvalue weighted by molar-refractivity contribution is 6.30. The highest BCUT2D eigenvalue weighted by Gasteiger charge is 2.05. The molecule has 0 aliphatic heterocycles. The van der Waals surface area contributed by atoms with Gasteiger partial charge in [0.1, 0.15) is 0 Å². The van der Waals surface area contributed by atoms with Gasteiger partial charge in [-0.05, 0) is 6.07 Å². The minimum absolute atomic E-state index is 0.156. The van der Waals surface area contributed by atoms with Crippen molar-refractivity contribution in [1.29, 1.82) is 0 Å². The molecule has 4 nitrogen and oxygen atoms in total. The number of methoxy groups -OCH3 is 1. The number of aromatic nitrogens is 1. The largest absolute Gasteiger partial charge is 0.481 e. The summed E-state index contributed by atoms with van der Waals surface area (Å²) in [6.07, 6.45) is -0.156. The number of carbonyl (C=O) groups is 1. The van der Waals surface area contributed by atoms with Crippen molar-refractivity contribution < 1.29 is 14.6 Å². The summed E-state index contributed by atoms with van der Waals surface area (Å²) in [4.78, 5) is 14.3. The van der Waals surface area contributed by atoms with Crippen LogP contribution in [0.4, 0.5) is 0 Å². The lowest BCUT2D eigenvalue weighted by Gasteiger charge is -2.02. The van der Waals surface area contributed by atoms with E-state index in [1.54, 1.807) is 0 Å². The quantitative estimate of drug-likeness (QED) is 0.803. The first-order valence-corrected chi connectivity index (χ1v) is 3.92. The number of aliphatic carboxylic acids is 1. The van der Waals surface area contributed by atoms with Gasteiger partial charge in [0, 0.05) is 11.1 Å². The Bertz CT molecular complexity index is 327. The minimum Gasteiger partial charge on any atom is -0.481 e. The fraction of sp³-hybridized carbons (Fsp3) is 0.250. The van der Waals surface area contributed by atoms with Gasteiger partial charge in [0.05, 0.1) is 19.2 Å². The van der Waals surface area contributed by atoms with Crippen molar-refractivity contribution >= 4 is 17.6 Å². The SMILES string of the molecule is COc1cc(Cl)cc(CC(=O)O)n1. The van der Waals surface area contributed by atoms with E-state index < -0.39 is 5.97 Å². The average molecular weight is 202 g/mol. The third kappa shape index (κ3) is 2.91. The Morgan fingerprint density at radius 1 is 1.69 bits per heavy atom. The number of hydrogen-bond acceptors (Lipinski definition) is 3. The van der Waals surface area contributed by atoms with Gasteiger partial charge >= 0.3 is 5.97 Å². The predicted molar refractivity (Wildman–Crippen MR) is 47.1 cm³/mol. The zero-order chi connectivity index (χ0) is 9.84. The van der Waals surface area contributed by atoms with Crippen LogP contribution in [0, 0.1) is 0 Å². The third-order valence-electron chi connectivity index (χ3n) is 1.36. The van der Waals surface area contributed by atoms with Crippen LogP contribution in [-0.4, -0.2) is 23.2 Å². The standard InChI is InChI=1S/C8H8ClNO3/c1-13-7-3-5(9)2-6(10-7)4-8(11)12/h2-3H,4H2,1H3,(H,11,12). The van der Waals surface area contributed by atoms with E-state index in [0.29, 0.717) is 16.6 Å². The topological polar surface area (TPSA) is 59.4 Å². The van der Waals surface area contributed by atoms with Crippen molar-refractivity contribution in [2.75, 3.05) is 7.11 Å². The second kappa shape index (κ2) is 4.09. The van der Waals surface area contributed by atoms with Crippen LogP contribution in [0.3, 0.4) is 0 Å². The molecule has 0 atom stereocenters. The fourth-order valence-electron chi connectivity index (χ4n) is 0.875. The maximum Gasteiger partial charge on any atom is 0.309 e. The van der Waals surface area contributed by atoms with Gasteiger partial charge in [-0.15, -0.1) is 0 Å². The Morgan fingerprint density at radius 2 is 2.38 bits per heavy atom. The second-order valence-corrected chi connectivity index (χ2v) is 2.83. The van der Waals surface area contributed by atoms with Crippen molar-refractivity contribution in [1.82, 2.24) is 4.98 Å². The second-order valence-electron chi connectivity index (χ2n) is 2.39. The molecular weight excluding hydrogens is 194 g/mol. The van der Waals surface area contributed by atoms with Crippen LogP contribution in [0.25, 0.3) is 0 Å². The lowest BCUT2D eigenvalue weighted by atomic mass is 10.3. The molecule has 0 fully saturated rings. The highest BCUT2D eigenvalue weighted by atomic mass is 35.5. The number of carboxylic acid groups (broad SMARTS) is 1. The van der Waals surface area contributed by atoms with Crippen molar-refractivity contribution in [3.63, 3.8) is 0 Å². The molecule has 0 bridgehead atoms. The van der Waals surface area contributed by atoms with Crippen LogP contribution in [0.15, 0.2) is 12.1 Å². The summed E-state index contributed by atoms with van der Waals surface area (Å²) in [5.41, 5.74) is 0.386. The molecule has 0 saturated heterocycles. The van der Waals surface area contributed by atoms with Crippen molar-refractivity contribution in [2.24, 2.45) is 0 Å². The van der Waals surface area contributed by atoms with E-state index in [1.165, 1.54) is 19.2 Å². The number of halogens is 1. The molecule has 1 N–H and O–H groups in total. The van der Waals surface area contributed by atoms with E-state index in [9.17, 15) is 4.79 Å². The number of carboxylic acids is 1. The number of ether oxygens (including phenoxy) is 1.